The van der Waals surface area contributed by atoms with Crippen LogP contribution in [0, 0.1) is 5.41 Å². The van der Waals surface area contributed by atoms with Crippen molar-refractivity contribution in [1.82, 2.24) is 0 Å². The lowest BCUT2D eigenvalue weighted by Gasteiger charge is -2.35. The van der Waals surface area contributed by atoms with Crippen molar-refractivity contribution < 1.29 is 9.53 Å². The van der Waals surface area contributed by atoms with E-state index in [1.165, 1.54) is 19.3 Å². The third-order valence-corrected chi connectivity index (χ3v) is 5.31. The Bertz CT molecular complexity index is 519. The molecule has 130 valence electrons. The molecule has 4 nitrogen and oxygen atoms in total. The lowest BCUT2D eigenvalue weighted by molar-refractivity contribution is -0.118. The molecule has 0 heterocycles. The normalized spacial score (nSPS) is 16.5. The molecule has 23 heavy (non-hydrogen) atoms. The molecule has 0 aromatic heterocycles. The van der Waals surface area contributed by atoms with Gasteiger partial charge in [-0.15, -0.1) is 12.4 Å². The van der Waals surface area contributed by atoms with Crippen molar-refractivity contribution in [2.24, 2.45) is 11.1 Å². The molecule has 0 atom stereocenters. The van der Waals surface area contributed by atoms with E-state index < -0.39 is 0 Å². The molecule has 1 aromatic carbocycles. The standard InChI is InChI=1S/C17H25BrN2O2.ClH/c1-22-11-13-14(18)6-5-7-15(13)20-16(21)10-17(12-19)8-3-2-4-9-17;/h5-7H,2-4,8-12,19H2,1H3,(H,20,21);1H. The maximum absolute atomic E-state index is 12.5. The van der Waals surface area contributed by atoms with Crippen molar-refractivity contribution in [2.45, 2.75) is 45.1 Å². The van der Waals surface area contributed by atoms with Gasteiger partial charge < -0.3 is 15.8 Å². The smallest absolute Gasteiger partial charge is 0.224 e. The van der Waals surface area contributed by atoms with Crippen LogP contribution in [-0.2, 0) is 16.1 Å². The molecule has 6 heteroatoms. The number of halogens is 2. The average molecular weight is 406 g/mol. The Morgan fingerprint density at radius 3 is 2.65 bits per heavy atom. The first-order valence-corrected chi connectivity index (χ1v) is 8.66. The number of carbonyl (C=O) groups excluding carboxylic acids is 1. The molecular weight excluding hydrogens is 380 g/mol. The fourth-order valence-corrected chi connectivity index (χ4v) is 3.74. The van der Waals surface area contributed by atoms with Gasteiger partial charge in [0.05, 0.1) is 6.61 Å². The summed E-state index contributed by atoms with van der Waals surface area (Å²) in [6, 6.07) is 5.78. The van der Waals surface area contributed by atoms with Gasteiger partial charge in [0.15, 0.2) is 0 Å². The summed E-state index contributed by atoms with van der Waals surface area (Å²) in [4.78, 5) is 12.5. The molecule has 0 radical (unpaired) electrons. The predicted octanol–water partition coefficient (Wildman–Crippen LogP) is 4.26. The van der Waals surface area contributed by atoms with E-state index >= 15 is 0 Å². The van der Waals surface area contributed by atoms with Gasteiger partial charge in [-0.05, 0) is 36.9 Å². The van der Waals surface area contributed by atoms with Crippen molar-refractivity contribution in [1.29, 1.82) is 0 Å². The Morgan fingerprint density at radius 1 is 1.35 bits per heavy atom. The highest BCUT2D eigenvalue weighted by Crippen LogP contribution is 2.38. The minimum absolute atomic E-state index is 0. The maximum Gasteiger partial charge on any atom is 0.224 e. The molecular formula is C17H26BrClN2O2. The number of hydrogen-bond acceptors (Lipinski definition) is 3. The Labute approximate surface area is 153 Å². The van der Waals surface area contributed by atoms with Crippen LogP contribution in [0.15, 0.2) is 22.7 Å². The molecule has 1 aliphatic rings. The monoisotopic (exact) mass is 404 g/mol. The quantitative estimate of drug-likeness (QED) is 0.743. The molecule has 0 bridgehead atoms. The summed E-state index contributed by atoms with van der Waals surface area (Å²) in [7, 11) is 1.65. The summed E-state index contributed by atoms with van der Waals surface area (Å²) in [6.45, 7) is 1.04. The minimum Gasteiger partial charge on any atom is -0.380 e. The number of benzene rings is 1. The van der Waals surface area contributed by atoms with E-state index in [-0.39, 0.29) is 23.7 Å². The highest BCUT2D eigenvalue weighted by Gasteiger charge is 2.33. The zero-order valence-electron chi connectivity index (χ0n) is 13.6. The van der Waals surface area contributed by atoms with Gasteiger partial charge in [-0.3, -0.25) is 4.79 Å². The summed E-state index contributed by atoms with van der Waals surface area (Å²) in [5.74, 6) is 0.0443. The predicted molar refractivity (Wildman–Crippen MR) is 99.9 cm³/mol. The first-order valence-electron chi connectivity index (χ1n) is 7.86. The number of ether oxygens (including phenoxy) is 1. The second-order valence-corrected chi connectivity index (χ2v) is 7.04. The number of nitrogens with one attached hydrogen (secondary N) is 1. The largest absolute Gasteiger partial charge is 0.380 e. The van der Waals surface area contributed by atoms with E-state index in [2.05, 4.69) is 21.2 Å². The number of amides is 1. The lowest BCUT2D eigenvalue weighted by atomic mass is 9.71. The number of anilines is 1. The van der Waals surface area contributed by atoms with Crippen LogP contribution < -0.4 is 11.1 Å². The van der Waals surface area contributed by atoms with E-state index in [4.69, 9.17) is 10.5 Å². The number of rotatable bonds is 6. The minimum atomic E-state index is -0.0181. The van der Waals surface area contributed by atoms with Crippen LogP contribution in [0.4, 0.5) is 5.69 Å². The second kappa shape index (κ2) is 9.62. The summed E-state index contributed by atoms with van der Waals surface area (Å²) >= 11 is 3.51. The van der Waals surface area contributed by atoms with E-state index in [1.54, 1.807) is 7.11 Å². The summed E-state index contributed by atoms with van der Waals surface area (Å²) < 4.78 is 6.16. The zero-order valence-corrected chi connectivity index (χ0v) is 16.0. The molecule has 1 aliphatic carbocycles. The van der Waals surface area contributed by atoms with Crippen LogP contribution >= 0.6 is 28.3 Å². The first kappa shape index (κ1) is 20.4. The van der Waals surface area contributed by atoms with Crippen LogP contribution in [0.1, 0.15) is 44.1 Å². The zero-order chi connectivity index (χ0) is 16.0. The molecule has 0 aliphatic heterocycles. The average Bonchev–Trinajstić information content (AvgIpc) is 2.51. The molecule has 1 amide bonds. The van der Waals surface area contributed by atoms with Gasteiger partial charge in [0, 0.05) is 29.3 Å². The van der Waals surface area contributed by atoms with Gasteiger partial charge in [-0.25, -0.2) is 0 Å². The molecule has 2 rings (SSSR count). The van der Waals surface area contributed by atoms with Crippen LogP contribution in [0.5, 0.6) is 0 Å². The van der Waals surface area contributed by atoms with Crippen LogP contribution in [0.3, 0.4) is 0 Å². The molecule has 1 saturated carbocycles. The Kier molecular flexibility index (Phi) is 8.54. The van der Waals surface area contributed by atoms with Crippen LogP contribution in [0.25, 0.3) is 0 Å². The van der Waals surface area contributed by atoms with Gasteiger partial charge in [0.2, 0.25) is 5.91 Å². The first-order chi connectivity index (χ1) is 10.6. The summed E-state index contributed by atoms with van der Waals surface area (Å²) in [5, 5.41) is 3.04. The lowest BCUT2D eigenvalue weighted by Crippen LogP contribution is -2.36. The van der Waals surface area contributed by atoms with Crippen LogP contribution in [0.2, 0.25) is 0 Å². The highest BCUT2D eigenvalue weighted by molar-refractivity contribution is 9.10. The summed E-state index contributed by atoms with van der Waals surface area (Å²) in [6.07, 6.45) is 6.22. The van der Waals surface area contributed by atoms with E-state index in [0.717, 1.165) is 28.6 Å². The Morgan fingerprint density at radius 2 is 2.04 bits per heavy atom. The molecule has 1 aromatic rings. The van der Waals surface area contributed by atoms with Crippen LogP contribution in [-0.4, -0.2) is 19.6 Å². The number of hydrogen-bond donors (Lipinski definition) is 2. The fourth-order valence-electron chi connectivity index (χ4n) is 3.26. The van der Waals surface area contributed by atoms with Gasteiger partial charge in [0.1, 0.15) is 0 Å². The third kappa shape index (κ3) is 5.45. The van der Waals surface area contributed by atoms with Crippen molar-refractivity contribution in [3.8, 4) is 0 Å². The van der Waals surface area contributed by atoms with Gasteiger partial charge in [-0.2, -0.15) is 0 Å². The highest BCUT2D eigenvalue weighted by atomic mass is 79.9. The molecule has 1 fully saturated rings. The van der Waals surface area contributed by atoms with Crippen molar-refractivity contribution >= 4 is 39.9 Å². The van der Waals surface area contributed by atoms with Gasteiger partial charge >= 0.3 is 0 Å². The SMILES string of the molecule is COCc1c(Br)cccc1NC(=O)CC1(CN)CCCCC1.Cl. The number of carbonyl (C=O) groups is 1. The molecule has 0 saturated heterocycles. The van der Waals surface area contributed by atoms with Crippen molar-refractivity contribution in [2.75, 3.05) is 19.0 Å². The number of nitrogens with two attached hydrogens (primary N) is 1. The molecule has 3 N–H and O–H groups in total. The second-order valence-electron chi connectivity index (χ2n) is 6.19. The van der Waals surface area contributed by atoms with Crippen molar-refractivity contribution in [3.05, 3.63) is 28.2 Å². The Balaban J connectivity index is 0.00000264. The summed E-state index contributed by atoms with van der Waals surface area (Å²) in [5.41, 5.74) is 7.73. The third-order valence-electron chi connectivity index (χ3n) is 4.56. The molecule has 0 unspecified atom stereocenters. The maximum atomic E-state index is 12.5. The van der Waals surface area contributed by atoms with Gasteiger partial charge in [-0.1, -0.05) is 41.3 Å². The van der Waals surface area contributed by atoms with E-state index in [0.29, 0.717) is 19.6 Å². The number of methoxy groups -OCH3 is 1. The van der Waals surface area contributed by atoms with E-state index in [9.17, 15) is 4.79 Å². The van der Waals surface area contributed by atoms with Crippen molar-refractivity contribution in [3.63, 3.8) is 0 Å². The fraction of sp³-hybridized carbons (Fsp3) is 0.588. The van der Waals surface area contributed by atoms with Gasteiger partial charge in [0.25, 0.3) is 0 Å². The van der Waals surface area contributed by atoms with E-state index in [1.807, 2.05) is 18.2 Å². The topological polar surface area (TPSA) is 64.3 Å². The Hall–Kier alpha value is -0.620. The molecule has 0 spiro atoms.